The summed E-state index contributed by atoms with van der Waals surface area (Å²) >= 11 is 9.22. The molecule has 0 radical (unpaired) electrons. The lowest BCUT2D eigenvalue weighted by molar-refractivity contribution is 0.133. The van der Waals surface area contributed by atoms with E-state index < -0.39 is 19.7 Å². The van der Waals surface area contributed by atoms with E-state index in [1.54, 1.807) is 46.9 Å². The molecular weight excluding hydrogens is 928 g/mol. The number of halogens is 1. The van der Waals surface area contributed by atoms with Crippen LogP contribution >= 0.6 is 34.3 Å². The highest BCUT2D eigenvalue weighted by atomic mass is 35.5. The number of nitrogens with zero attached hydrogens (tertiary/aromatic N) is 6. The van der Waals surface area contributed by atoms with Crippen LogP contribution in [0.3, 0.4) is 0 Å². The quantitative estimate of drug-likeness (QED) is 0.101. The average Bonchev–Trinajstić information content (AvgIpc) is 4.00. The fourth-order valence-electron chi connectivity index (χ4n) is 7.11. The van der Waals surface area contributed by atoms with Crippen molar-refractivity contribution in [2.24, 2.45) is 0 Å². The molecule has 1 N–H and O–H groups in total. The second kappa shape index (κ2) is 23.6. The Labute approximate surface area is 394 Å². The monoisotopic (exact) mass is 982 g/mol. The van der Waals surface area contributed by atoms with Crippen molar-refractivity contribution < 1.29 is 36.2 Å². The summed E-state index contributed by atoms with van der Waals surface area (Å²) < 4.78 is 62.5. The third-order valence-corrected chi connectivity index (χ3v) is 15.6. The maximum Gasteiger partial charge on any atom is 0.316 e. The molecule has 8 rings (SSSR count). The molecule has 19 heteroatoms. The molecular formula is C46H55ClN6O8S4. The van der Waals surface area contributed by atoms with E-state index >= 15 is 0 Å². The Bertz CT molecular complexity index is 2600. The number of phenols is 1. The van der Waals surface area contributed by atoms with E-state index in [9.17, 15) is 16.8 Å². The van der Waals surface area contributed by atoms with E-state index in [1.807, 2.05) is 30.2 Å². The zero-order chi connectivity index (χ0) is 46.4. The van der Waals surface area contributed by atoms with Gasteiger partial charge in [0.15, 0.2) is 19.7 Å². The molecule has 2 fully saturated rings. The number of thiazole rings is 2. The predicted octanol–water partition coefficient (Wildman–Crippen LogP) is 9.72. The minimum absolute atomic E-state index is 0.0670. The van der Waals surface area contributed by atoms with Crippen LogP contribution in [0.1, 0.15) is 110 Å². The lowest BCUT2D eigenvalue weighted by Crippen LogP contribution is -2.24. The standard InChI is InChI=1S/C23H27N3O4S2.C16H20ClN3OS.C7H8O3S/c1-3-16-12-24-23(25-13-16)30-20-6-4-17(5-7-20)22-26-18(15-31-22)14-29-19-8-10-21(11-9-19)32(2,27)28;1-2-11-8-18-16(19-9-11)21-14-5-3-12(4-6-14)15-20-13(7-17)10-22-15;1-11(9,10)7-4-2-6(8)3-5-7/h8-13,15,17,20H,3-7,14H2,1-2H3;8-10,12,14H,2-7H2,1H3;2-5,8H,1H3. The smallest absolute Gasteiger partial charge is 0.316 e. The minimum Gasteiger partial charge on any atom is -0.508 e. The third kappa shape index (κ3) is 15.4. The summed E-state index contributed by atoms with van der Waals surface area (Å²) in [5, 5.41) is 15.3. The first-order chi connectivity index (χ1) is 31.2. The lowest BCUT2D eigenvalue weighted by Gasteiger charge is -2.27. The Kier molecular flexibility index (Phi) is 18.1. The molecule has 348 valence electrons. The second-order valence-corrected chi connectivity index (χ2v) is 22.0. The predicted molar refractivity (Wildman–Crippen MR) is 253 cm³/mol. The highest BCUT2D eigenvalue weighted by Crippen LogP contribution is 2.37. The third-order valence-electron chi connectivity index (χ3n) is 11.0. The number of hydrogen-bond donors (Lipinski definition) is 1. The van der Waals surface area contributed by atoms with E-state index in [-0.39, 0.29) is 27.7 Å². The normalized spacial score (nSPS) is 18.6. The number of aromatic hydroxyl groups is 1. The van der Waals surface area contributed by atoms with Gasteiger partial charge in [-0.3, -0.25) is 0 Å². The largest absolute Gasteiger partial charge is 0.508 e. The highest BCUT2D eigenvalue weighted by Gasteiger charge is 2.27. The van der Waals surface area contributed by atoms with Gasteiger partial charge in [-0.05, 0) is 124 Å². The summed E-state index contributed by atoms with van der Waals surface area (Å²) in [4.78, 5) is 27.0. The van der Waals surface area contributed by atoms with Crippen LogP contribution in [0.5, 0.6) is 23.5 Å². The van der Waals surface area contributed by atoms with Crippen molar-refractivity contribution in [3.8, 4) is 23.5 Å². The Morgan fingerprint density at radius 2 is 1.02 bits per heavy atom. The molecule has 14 nitrogen and oxygen atoms in total. The fourth-order valence-corrected chi connectivity index (χ4v) is 10.6. The molecule has 0 bridgehead atoms. The number of aryl methyl sites for hydroxylation is 2. The molecule has 2 saturated carbocycles. The summed E-state index contributed by atoms with van der Waals surface area (Å²) in [5.41, 5.74) is 4.12. The van der Waals surface area contributed by atoms with Gasteiger partial charge in [0.25, 0.3) is 0 Å². The van der Waals surface area contributed by atoms with Crippen molar-refractivity contribution in [2.45, 2.75) is 124 Å². The molecule has 2 aliphatic rings. The van der Waals surface area contributed by atoms with Gasteiger partial charge in [-0.2, -0.15) is 0 Å². The number of benzene rings is 2. The van der Waals surface area contributed by atoms with E-state index in [0.717, 1.165) is 98.0 Å². The number of hydrogen-bond acceptors (Lipinski definition) is 16. The molecule has 0 atom stereocenters. The van der Waals surface area contributed by atoms with Crippen LogP contribution < -0.4 is 14.2 Å². The number of aromatic nitrogens is 6. The van der Waals surface area contributed by atoms with Crippen molar-refractivity contribution in [1.82, 2.24) is 29.9 Å². The molecule has 65 heavy (non-hydrogen) atoms. The molecule has 4 heterocycles. The van der Waals surface area contributed by atoms with Crippen molar-refractivity contribution in [1.29, 1.82) is 0 Å². The number of rotatable bonds is 14. The molecule has 0 amide bonds. The topological polar surface area (TPSA) is 194 Å². The van der Waals surface area contributed by atoms with Crippen molar-refractivity contribution in [2.75, 3.05) is 12.5 Å². The number of phenolic OH excluding ortho intramolecular Hbond substituents is 1. The first kappa shape index (κ1) is 49.7. The first-order valence-corrected chi connectivity index (χ1v) is 27.6. The summed E-state index contributed by atoms with van der Waals surface area (Å²) in [7, 11) is -6.33. The van der Waals surface area contributed by atoms with E-state index in [2.05, 4.69) is 44.1 Å². The first-order valence-electron chi connectivity index (χ1n) is 21.5. The summed E-state index contributed by atoms with van der Waals surface area (Å²) in [6, 6.07) is 12.8. The molecule has 6 aromatic rings. The van der Waals surface area contributed by atoms with E-state index in [4.69, 9.17) is 35.9 Å². The van der Waals surface area contributed by atoms with Gasteiger partial charge in [0.1, 0.15) is 30.3 Å². The number of ether oxygens (including phenoxy) is 3. The van der Waals surface area contributed by atoms with Crippen LogP contribution in [0.2, 0.25) is 0 Å². The van der Waals surface area contributed by atoms with E-state index in [1.165, 1.54) is 35.5 Å². The highest BCUT2D eigenvalue weighted by molar-refractivity contribution is 7.91. The maximum absolute atomic E-state index is 11.5. The number of sulfone groups is 2. The SMILES string of the molecule is CCc1cnc(OC2CCC(c3nc(CCl)cs3)CC2)nc1.CCc1cnc(OC2CCC(c3nc(COc4ccc(S(C)(=O)=O)cc4)cs3)CC2)nc1.CS(=O)(=O)c1ccc(O)cc1. The molecule has 0 saturated heterocycles. The zero-order valence-electron chi connectivity index (χ0n) is 36.9. The Balaban J connectivity index is 0.000000182. The van der Waals surface area contributed by atoms with Gasteiger partial charge >= 0.3 is 12.0 Å². The maximum atomic E-state index is 11.5. The van der Waals surface area contributed by atoms with Crippen LogP contribution in [-0.2, 0) is 45.0 Å². The minimum atomic E-state index is -3.20. The summed E-state index contributed by atoms with van der Waals surface area (Å²) in [6.07, 6.45) is 20.1. The van der Waals surface area contributed by atoms with Gasteiger partial charge in [-0.25, -0.2) is 46.7 Å². The molecule has 4 aromatic heterocycles. The second-order valence-electron chi connectivity index (χ2n) is 15.9. The van der Waals surface area contributed by atoms with Gasteiger partial charge in [0.05, 0.1) is 37.1 Å². The van der Waals surface area contributed by atoms with Crippen molar-refractivity contribution in [3.05, 3.63) is 117 Å². The molecule has 0 spiro atoms. The molecule has 2 aliphatic carbocycles. The van der Waals surface area contributed by atoms with Gasteiger partial charge in [-0.15, -0.1) is 34.3 Å². The summed E-state index contributed by atoms with van der Waals surface area (Å²) in [5.74, 6) is 2.17. The van der Waals surface area contributed by atoms with Gasteiger partial charge in [0, 0.05) is 59.9 Å². The van der Waals surface area contributed by atoms with Crippen LogP contribution in [0, 0.1) is 0 Å². The van der Waals surface area contributed by atoms with Crippen LogP contribution in [0.15, 0.2) is 93.9 Å². The Morgan fingerprint density at radius 3 is 1.40 bits per heavy atom. The Morgan fingerprint density at radius 1 is 0.615 bits per heavy atom. The fraction of sp³-hybridized carbons (Fsp3) is 0.435. The van der Waals surface area contributed by atoms with Crippen molar-refractivity contribution in [3.63, 3.8) is 0 Å². The number of alkyl halides is 1. The lowest BCUT2D eigenvalue weighted by atomic mass is 9.88. The molecule has 0 aliphatic heterocycles. The van der Waals surface area contributed by atoms with Gasteiger partial charge < -0.3 is 19.3 Å². The molecule has 0 unspecified atom stereocenters. The zero-order valence-corrected chi connectivity index (χ0v) is 40.9. The van der Waals surface area contributed by atoms with Gasteiger partial charge in [0.2, 0.25) is 0 Å². The summed E-state index contributed by atoms with van der Waals surface area (Å²) in [6.45, 7) is 4.53. The van der Waals surface area contributed by atoms with Crippen molar-refractivity contribution >= 4 is 53.9 Å². The van der Waals surface area contributed by atoms with E-state index in [0.29, 0.717) is 42.1 Å². The average molecular weight is 984 g/mol. The Hall–Kier alpha value is -4.75. The van der Waals surface area contributed by atoms with Gasteiger partial charge in [-0.1, -0.05) is 13.8 Å². The van der Waals surface area contributed by atoms with Crippen LogP contribution in [-0.4, -0.2) is 76.6 Å². The van der Waals surface area contributed by atoms with Crippen LogP contribution in [0.4, 0.5) is 0 Å². The molecule has 2 aromatic carbocycles. The van der Waals surface area contributed by atoms with Crippen LogP contribution in [0.25, 0.3) is 0 Å².